The maximum absolute atomic E-state index is 11.8. The molecule has 3 heteroatoms. The van der Waals surface area contributed by atoms with Crippen LogP contribution in [0.25, 0.3) is 0 Å². The molecule has 0 atom stereocenters. The number of rotatable bonds is 8. The molecule has 0 aromatic carbocycles. The fourth-order valence-corrected chi connectivity index (χ4v) is 1.68. The molecule has 0 aromatic heterocycles. The number of hydrogen-bond donors (Lipinski definition) is 1. The van der Waals surface area contributed by atoms with Crippen LogP contribution >= 0.6 is 0 Å². The number of nitrogens with zero attached hydrogens (tertiary/aromatic N) is 1. The maximum Gasteiger partial charge on any atom is 0.222 e. The van der Waals surface area contributed by atoms with Crippen molar-refractivity contribution in [1.82, 2.24) is 4.90 Å². The first-order valence-corrected chi connectivity index (χ1v) is 6.17. The molecule has 0 radical (unpaired) electrons. The van der Waals surface area contributed by atoms with Gasteiger partial charge in [-0.1, -0.05) is 26.7 Å². The fraction of sp³-hybridized carbons (Fsp3) is 0.917. The smallest absolute Gasteiger partial charge is 0.222 e. The van der Waals surface area contributed by atoms with Crippen LogP contribution in [0.2, 0.25) is 0 Å². The molecule has 0 aromatic rings. The third-order valence-electron chi connectivity index (χ3n) is 2.96. The van der Waals surface area contributed by atoms with E-state index in [0.29, 0.717) is 18.9 Å². The van der Waals surface area contributed by atoms with E-state index in [4.69, 9.17) is 5.73 Å². The molecule has 0 rings (SSSR count). The van der Waals surface area contributed by atoms with E-state index in [2.05, 4.69) is 13.8 Å². The Bertz CT molecular complexity index is 167. The van der Waals surface area contributed by atoms with Crippen LogP contribution in [0.4, 0.5) is 0 Å². The molecule has 0 heterocycles. The van der Waals surface area contributed by atoms with E-state index in [1.165, 1.54) is 0 Å². The van der Waals surface area contributed by atoms with Gasteiger partial charge in [0.05, 0.1) is 0 Å². The third-order valence-corrected chi connectivity index (χ3v) is 2.96. The van der Waals surface area contributed by atoms with Crippen molar-refractivity contribution in [3.63, 3.8) is 0 Å². The van der Waals surface area contributed by atoms with E-state index in [1.54, 1.807) is 0 Å². The molecule has 0 aliphatic carbocycles. The highest BCUT2D eigenvalue weighted by molar-refractivity contribution is 5.76. The number of carbonyl (C=O) groups excluding carboxylic acids is 1. The molecule has 90 valence electrons. The van der Waals surface area contributed by atoms with Crippen LogP contribution in [0.1, 0.15) is 46.5 Å². The van der Waals surface area contributed by atoms with Crippen LogP contribution in [0, 0.1) is 5.92 Å². The highest BCUT2D eigenvalue weighted by Gasteiger charge is 2.14. The van der Waals surface area contributed by atoms with E-state index >= 15 is 0 Å². The fourth-order valence-electron chi connectivity index (χ4n) is 1.68. The van der Waals surface area contributed by atoms with Gasteiger partial charge in [0.25, 0.3) is 0 Å². The molecular formula is C12H26N2O. The first-order valence-electron chi connectivity index (χ1n) is 6.17. The maximum atomic E-state index is 11.8. The zero-order chi connectivity index (χ0) is 11.7. The summed E-state index contributed by atoms with van der Waals surface area (Å²) in [5.41, 5.74) is 5.40. The number of nitrogens with two attached hydrogens (primary N) is 1. The van der Waals surface area contributed by atoms with Crippen molar-refractivity contribution < 1.29 is 4.79 Å². The summed E-state index contributed by atoms with van der Waals surface area (Å²) in [7, 11) is 0. The lowest BCUT2D eigenvalue weighted by atomic mass is 10.0. The topological polar surface area (TPSA) is 46.3 Å². The zero-order valence-electron chi connectivity index (χ0n) is 10.5. The van der Waals surface area contributed by atoms with Gasteiger partial charge < -0.3 is 10.6 Å². The minimum Gasteiger partial charge on any atom is -0.343 e. The van der Waals surface area contributed by atoms with E-state index in [1.807, 2.05) is 11.8 Å². The van der Waals surface area contributed by atoms with Gasteiger partial charge in [0.1, 0.15) is 0 Å². The Morgan fingerprint density at radius 2 is 1.87 bits per heavy atom. The third kappa shape index (κ3) is 5.78. The Morgan fingerprint density at radius 3 is 2.27 bits per heavy atom. The quantitative estimate of drug-likeness (QED) is 0.672. The summed E-state index contributed by atoms with van der Waals surface area (Å²) in [6.07, 6.45) is 3.71. The number of hydrogen-bond acceptors (Lipinski definition) is 2. The Kier molecular flexibility index (Phi) is 8.38. The van der Waals surface area contributed by atoms with Crippen molar-refractivity contribution in [2.24, 2.45) is 11.7 Å². The average molecular weight is 214 g/mol. The molecule has 15 heavy (non-hydrogen) atoms. The van der Waals surface area contributed by atoms with Crippen molar-refractivity contribution in [2.75, 3.05) is 19.6 Å². The first-order chi connectivity index (χ1) is 7.19. The van der Waals surface area contributed by atoms with Crippen molar-refractivity contribution >= 4 is 5.91 Å². The van der Waals surface area contributed by atoms with E-state index in [-0.39, 0.29) is 5.91 Å². The summed E-state index contributed by atoms with van der Waals surface area (Å²) in [6, 6.07) is 0. The Hall–Kier alpha value is -0.570. The predicted molar refractivity (Wildman–Crippen MR) is 64.6 cm³/mol. The second kappa shape index (κ2) is 8.72. The molecule has 0 aliphatic heterocycles. The van der Waals surface area contributed by atoms with E-state index < -0.39 is 0 Å². The molecule has 0 unspecified atom stereocenters. The van der Waals surface area contributed by atoms with Gasteiger partial charge in [-0.05, 0) is 25.8 Å². The van der Waals surface area contributed by atoms with Gasteiger partial charge in [-0.15, -0.1) is 0 Å². The molecule has 1 amide bonds. The molecule has 2 N–H and O–H groups in total. The lowest BCUT2D eigenvalue weighted by molar-refractivity contribution is -0.131. The van der Waals surface area contributed by atoms with Gasteiger partial charge in [0.2, 0.25) is 5.91 Å². The van der Waals surface area contributed by atoms with Crippen molar-refractivity contribution in [3.05, 3.63) is 0 Å². The minimum absolute atomic E-state index is 0.259. The van der Waals surface area contributed by atoms with Gasteiger partial charge in [-0.2, -0.15) is 0 Å². The van der Waals surface area contributed by atoms with Gasteiger partial charge in [0.15, 0.2) is 0 Å². The van der Waals surface area contributed by atoms with Crippen LogP contribution in [0.3, 0.4) is 0 Å². The molecule has 0 spiro atoms. The SMILES string of the molecule is CCC(CC)CN(CC)C(=O)CCCN. The van der Waals surface area contributed by atoms with Crippen LogP contribution in [-0.2, 0) is 4.79 Å². The van der Waals surface area contributed by atoms with Gasteiger partial charge in [0, 0.05) is 19.5 Å². The summed E-state index contributed by atoms with van der Waals surface area (Å²) in [5.74, 6) is 0.904. The van der Waals surface area contributed by atoms with Crippen LogP contribution in [0.5, 0.6) is 0 Å². The van der Waals surface area contributed by atoms with Gasteiger partial charge in [-0.25, -0.2) is 0 Å². The normalized spacial score (nSPS) is 10.7. The first kappa shape index (κ1) is 14.4. The molecule has 0 saturated heterocycles. The zero-order valence-corrected chi connectivity index (χ0v) is 10.5. The Labute approximate surface area is 94.0 Å². The van der Waals surface area contributed by atoms with E-state index in [0.717, 1.165) is 32.4 Å². The van der Waals surface area contributed by atoms with Crippen LogP contribution in [-0.4, -0.2) is 30.4 Å². The van der Waals surface area contributed by atoms with Crippen molar-refractivity contribution in [1.29, 1.82) is 0 Å². The summed E-state index contributed by atoms with van der Waals surface area (Å²) in [4.78, 5) is 13.7. The molecule has 0 bridgehead atoms. The second-order valence-corrected chi connectivity index (χ2v) is 4.01. The van der Waals surface area contributed by atoms with Crippen LogP contribution < -0.4 is 5.73 Å². The molecular weight excluding hydrogens is 188 g/mol. The van der Waals surface area contributed by atoms with E-state index in [9.17, 15) is 4.79 Å². The highest BCUT2D eigenvalue weighted by atomic mass is 16.2. The van der Waals surface area contributed by atoms with Crippen molar-refractivity contribution in [2.45, 2.75) is 46.5 Å². The second-order valence-electron chi connectivity index (χ2n) is 4.01. The largest absolute Gasteiger partial charge is 0.343 e. The summed E-state index contributed by atoms with van der Waals surface area (Å²) in [6.45, 7) is 8.75. The molecule has 0 fully saturated rings. The number of amides is 1. The summed E-state index contributed by atoms with van der Waals surface area (Å²) in [5, 5.41) is 0. The lowest BCUT2D eigenvalue weighted by Crippen LogP contribution is -2.35. The summed E-state index contributed by atoms with van der Waals surface area (Å²) >= 11 is 0. The van der Waals surface area contributed by atoms with Gasteiger partial charge in [-0.3, -0.25) is 4.79 Å². The monoisotopic (exact) mass is 214 g/mol. The lowest BCUT2D eigenvalue weighted by Gasteiger charge is -2.25. The average Bonchev–Trinajstić information content (AvgIpc) is 2.27. The van der Waals surface area contributed by atoms with Crippen molar-refractivity contribution in [3.8, 4) is 0 Å². The van der Waals surface area contributed by atoms with Crippen LogP contribution in [0.15, 0.2) is 0 Å². The van der Waals surface area contributed by atoms with Gasteiger partial charge >= 0.3 is 0 Å². The minimum atomic E-state index is 0.259. The number of carbonyl (C=O) groups is 1. The molecule has 0 saturated carbocycles. The Balaban J connectivity index is 4.04. The summed E-state index contributed by atoms with van der Waals surface area (Å²) < 4.78 is 0. The molecule has 3 nitrogen and oxygen atoms in total. The molecule has 0 aliphatic rings. The highest BCUT2D eigenvalue weighted by Crippen LogP contribution is 2.11. The predicted octanol–water partition coefficient (Wildman–Crippen LogP) is 2.01. The Morgan fingerprint density at radius 1 is 1.27 bits per heavy atom. The standard InChI is InChI=1S/C12H26N2O/c1-4-11(5-2)10-14(6-3)12(15)8-7-9-13/h11H,4-10,13H2,1-3H3.